The lowest BCUT2D eigenvalue weighted by Gasteiger charge is -2.37. The summed E-state index contributed by atoms with van der Waals surface area (Å²) in [5.41, 5.74) is 1.69. The molecule has 0 spiro atoms. The van der Waals surface area contributed by atoms with Crippen LogP contribution in [0.4, 0.5) is 5.69 Å². The highest BCUT2D eigenvalue weighted by Crippen LogP contribution is 2.49. The maximum Gasteiger partial charge on any atom is 0.352 e. The van der Waals surface area contributed by atoms with Gasteiger partial charge in [-0.2, -0.15) is 4.72 Å². The molecule has 172 valence electrons. The van der Waals surface area contributed by atoms with Crippen molar-refractivity contribution in [2.45, 2.75) is 26.2 Å². The molecule has 0 bridgehead atoms. The zero-order chi connectivity index (χ0) is 23.3. The highest BCUT2D eigenvalue weighted by Gasteiger charge is 2.36. The number of hydrogen-bond acceptors (Lipinski definition) is 8. The Hall–Kier alpha value is -3.09. The van der Waals surface area contributed by atoms with E-state index in [2.05, 4.69) is 10.0 Å². The van der Waals surface area contributed by atoms with Crippen LogP contribution in [0.3, 0.4) is 0 Å². The Labute approximate surface area is 186 Å². The highest BCUT2D eigenvalue weighted by atomic mass is 32.3. The van der Waals surface area contributed by atoms with E-state index in [-0.39, 0.29) is 25.3 Å². The van der Waals surface area contributed by atoms with E-state index >= 15 is 0 Å². The summed E-state index contributed by atoms with van der Waals surface area (Å²) in [6.07, 6.45) is 0.426. The van der Waals surface area contributed by atoms with Crippen molar-refractivity contribution in [1.82, 2.24) is 10.0 Å². The van der Waals surface area contributed by atoms with Gasteiger partial charge < -0.3 is 20.3 Å². The van der Waals surface area contributed by atoms with Crippen molar-refractivity contribution in [2.24, 2.45) is 0 Å². The number of anilines is 1. The van der Waals surface area contributed by atoms with Crippen LogP contribution >= 0.6 is 11.0 Å². The number of rotatable bonds is 8. The van der Waals surface area contributed by atoms with Crippen molar-refractivity contribution < 1.29 is 33.6 Å². The molecule has 0 aliphatic carbocycles. The molecule has 1 saturated heterocycles. The smallest absolute Gasteiger partial charge is 0.352 e. The van der Waals surface area contributed by atoms with Crippen LogP contribution in [0.25, 0.3) is 0 Å². The molecule has 1 unspecified atom stereocenters. The number of allylic oxidation sites excluding steroid dienone is 1. The van der Waals surface area contributed by atoms with E-state index in [1.165, 1.54) is 17.3 Å². The van der Waals surface area contributed by atoms with Gasteiger partial charge in [0.05, 0.1) is 6.54 Å². The van der Waals surface area contributed by atoms with E-state index in [1.807, 2.05) is 30.3 Å². The number of amides is 1. The first-order valence-corrected chi connectivity index (χ1v) is 11.2. The summed E-state index contributed by atoms with van der Waals surface area (Å²) in [6.45, 7) is 1.37. The number of β-amino-alcohol motifs (C(OH)–C–C–N with tert-alkyl or cyclic N) is 1. The number of aliphatic carboxylic acids is 1. The van der Waals surface area contributed by atoms with E-state index in [1.54, 1.807) is 18.2 Å². The SMILES string of the molecule is CC(=O)N/C(=C/Cc1ccc(N2CC(O)NS2(O)O)c(OCc2ccccc2)c1)C(=O)O. The van der Waals surface area contributed by atoms with Crippen LogP contribution in [0, 0.1) is 0 Å². The van der Waals surface area contributed by atoms with Gasteiger partial charge >= 0.3 is 5.97 Å². The second-order valence-electron chi connectivity index (χ2n) is 7.10. The zero-order valence-electron chi connectivity index (χ0n) is 17.3. The van der Waals surface area contributed by atoms with Gasteiger partial charge in [-0.05, 0) is 35.8 Å². The van der Waals surface area contributed by atoms with Crippen molar-refractivity contribution in [1.29, 1.82) is 0 Å². The zero-order valence-corrected chi connectivity index (χ0v) is 18.1. The fourth-order valence-electron chi connectivity index (χ4n) is 3.12. The summed E-state index contributed by atoms with van der Waals surface area (Å²) in [7, 11) is -3.44. The third kappa shape index (κ3) is 5.99. The molecule has 1 aliphatic rings. The Morgan fingerprint density at radius 1 is 1.22 bits per heavy atom. The lowest BCUT2D eigenvalue weighted by atomic mass is 10.1. The first-order valence-electron chi connectivity index (χ1n) is 9.67. The summed E-state index contributed by atoms with van der Waals surface area (Å²) in [5.74, 6) is -1.43. The van der Waals surface area contributed by atoms with E-state index in [0.29, 0.717) is 17.0 Å². The molecule has 0 saturated carbocycles. The number of carbonyl (C=O) groups excluding carboxylic acids is 1. The average Bonchev–Trinajstić information content (AvgIpc) is 3.01. The molecule has 0 radical (unpaired) electrons. The van der Waals surface area contributed by atoms with Gasteiger partial charge in [0.1, 0.15) is 30.0 Å². The largest absolute Gasteiger partial charge is 0.487 e. The van der Waals surface area contributed by atoms with E-state index in [0.717, 1.165) is 5.56 Å². The predicted molar refractivity (Wildman–Crippen MR) is 120 cm³/mol. The third-order valence-electron chi connectivity index (χ3n) is 4.55. The van der Waals surface area contributed by atoms with Crippen LogP contribution in [-0.2, 0) is 22.6 Å². The van der Waals surface area contributed by atoms with Gasteiger partial charge in [-0.1, -0.05) is 47.4 Å². The molecule has 6 N–H and O–H groups in total. The molecule has 11 heteroatoms. The number of aliphatic hydroxyl groups is 1. The lowest BCUT2D eigenvalue weighted by molar-refractivity contribution is -0.134. The van der Waals surface area contributed by atoms with Crippen LogP contribution in [-0.4, -0.2) is 44.0 Å². The number of ether oxygens (including phenoxy) is 1. The fraction of sp³-hybridized carbons (Fsp3) is 0.238. The maximum atomic E-state index is 11.3. The molecular formula is C21H25N3O7S. The standard InChI is InChI=1S/C21H25N3O7S/c1-14(25)22-17(21(27)28)9-7-15-8-10-18(24-12-20(26)23-32(24,29)30)19(11-15)31-13-16-5-3-2-4-6-16/h2-6,8-11,20,23,26,29-30H,7,12-13H2,1H3,(H,22,25)(H,27,28)/b17-9+. The first kappa shape index (κ1) is 23.6. The minimum atomic E-state index is -3.44. The van der Waals surface area contributed by atoms with Gasteiger partial charge in [0.2, 0.25) is 5.91 Å². The van der Waals surface area contributed by atoms with Gasteiger partial charge in [0, 0.05) is 6.92 Å². The normalized spacial score (nSPS) is 18.8. The summed E-state index contributed by atoms with van der Waals surface area (Å²) >= 11 is 0. The van der Waals surface area contributed by atoms with E-state index in [4.69, 9.17) is 4.74 Å². The van der Waals surface area contributed by atoms with E-state index < -0.39 is 29.1 Å². The summed E-state index contributed by atoms with van der Waals surface area (Å²) in [4.78, 5) is 22.5. The summed E-state index contributed by atoms with van der Waals surface area (Å²) in [6, 6.07) is 14.3. The molecule has 2 aromatic carbocycles. The summed E-state index contributed by atoms with van der Waals surface area (Å²) in [5, 5.41) is 21.3. The number of carboxylic acids is 1. The Bertz CT molecular complexity index is 1010. The molecule has 1 atom stereocenters. The van der Waals surface area contributed by atoms with Crippen molar-refractivity contribution in [2.75, 3.05) is 10.8 Å². The highest BCUT2D eigenvalue weighted by molar-refractivity contribution is 8.24. The van der Waals surface area contributed by atoms with Gasteiger partial charge in [-0.3, -0.25) is 18.2 Å². The monoisotopic (exact) mass is 463 g/mol. The van der Waals surface area contributed by atoms with Crippen LogP contribution in [0.2, 0.25) is 0 Å². The maximum absolute atomic E-state index is 11.3. The Morgan fingerprint density at radius 2 is 1.94 bits per heavy atom. The van der Waals surface area contributed by atoms with Crippen molar-refractivity contribution in [3.05, 3.63) is 71.4 Å². The molecule has 10 nitrogen and oxygen atoms in total. The Balaban J connectivity index is 1.90. The summed E-state index contributed by atoms with van der Waals surface area (Å²) < 4.78 is 30.1. The average molecular weight is 464 g/mol. The van der Waals surface area contributed by atoms with Crippen molar-refractivity contribution >= 4 is 28.5 Å². The van der Waals surface area contributed by atoms with Crippen molar-refractivity contribution in [3.8, 4) is 5.75 Å². The molecule has 2 aromatic rings. The first-order chi connectivity index (χ1) is 15.2. The molecule has 1 heterocycles. The minimum absolute atomic E-state index is 0.0605. The number of nitrogens with one attached hydrogen (secondary N) is 2. The third-order valence-corrected chi connectivity index (χ3v) is 6.10. The molecule has 1 fully saturated rings. The van der Waals surface area contributed by atoms with Gasteiger partial charge in [0.15, 0.2) is 0 Å². The molecule has 0 aromatic heterocycles. The van der Waals surface area contributed by atoms with Crippen LogP contribution in [0.15, 0.2) is 60.3 Å². The van der Waals surface area contributed by atoms with E-state index in [9.17, 15) is 28.9 Å². The molecule has 1 amide bonds. The van der Waals surface area contributed by atoms with Crippen LogP contribution in [0.1, 0.15) is 18.1 Å². The number of carboxylic acid groups (broad SMARTS) is 1. The molecule has 1 aliphatic heterocycles. The van der Waals surface area contributed by atoms with Crippen LogP contribution < -0.4 is 19.1 Å². The second-order valence-corrected chi connectivity index (χ2v) is 8.81. The molecular weight excluding hydrogens is 438 g/mol. The van der Waals surface area contributed by atoms with Crippen molar-refractivity contribution in [3.63, 3.8) is 0 Å². The van der Waals surface area contributed by atoms with Crippen LogP contribution in [0.5, 0.6) is 5.75 Å². The predicted octanol–water partition coefficient (Wildman–Crippen LogP) is 2.22. The quantitative estimate of drug-likeness (QED) is 0.324. The molecule has 32 heavy (non-hydrogen) atoms. The second kappa shape index (κ2) is 10.0. The Kier molecular flexibility index (Phi) is 7.38. The number of carbonyl (C=O) groups is 2. The van der Waals surface area contributed by atoms with Gasteiger partial charge in [0.25, 0.3) is 0 Å². The topological polar surface area (TPSA) is 152 Å². The lowest BCUT2D eigenvalue weighted by Crippen LogP contribution is -2.26. The number of nitrogens with zero attached hydrogens (tertiary/aromatic N) is 1. The van der Waals surface area contributed by atoms with Gasteiger partial charge in [-0.15, -0.1) is 0 Å². The van der Waals surface area contributed by atoms with Gasteiger partial charge in [-0.25, -0.2) is 4.79 Å². The number of benzene rings is 2. The number of hydrogen-bond donors (Lipinski definition) is 6. The Morgan fingerprint density at radius 3 is 2.53 bits per heavy atom. The fourth-order valence-corrected chi connectivity index (χ4v) is 4.46. The minimum Gasteiger partial charge on any atom is -0.487 e. The molecule has 3 rings (SSSR count). The number of aliphatic hydroxyl groups excluding tert-OH is 1.